The maximum atomic E-state index is 13.6. The molecule has 2 aromatic carbocycles. The van der Waals surface area contributed by atoms with Gasteiger partial charge in [0, 0.05) is 17.7 Å². The minimum absolute atomic E-state index is 0.0492. The van der Waals surface area contributed by atoms with E-state index in [1.165, 1.54) is 49.4 Å². The van der Waals surface area contributed by atoms with E-state index in [1.54, 1.807) is 6.07 Å². The molecule has 2 aromatic rings. The van der Waals surface area contributed by atoms with E-state index in [0.29, 0.717) is 11.1 Å². The van der Waals surface area contributed by atoms with Gasteiger partial charge in [0.2, 0.25) is 15.9 Å². The van der Waals surface area contributed by atoms with Crippen molar-refractivity contribution in [3.63, 3.8) is 0 Å². The molecule has 8 heteroatoms. The number of nitrogens with one attached hydrogen (secondary N) is 1. The zero-order valence-electron chi connectivity index (χ0n) is 14.4. The second kappa shape index (κ2) is 8.09. The summed E-state index contributed by atoms with van der Waals surface area (Å²) in [5.41, 5.74) is 1.00. The Labute approximate surface area is 151 Å². The van der Waals surface area contributed by atoms with Crippen LogP contribution in [0.15, 0.2) is 48.5 Å². The van der Waals surface area contributed by atoms with Gasteiger partial charge in [-0.15, -0.1) is 0 Å². The van der Waals surface area contributed by atoms with E-state index in [1.807, 2.05) is 0 Å². The molecule has 26 heavy (non-hydrogen) atoms. The lowest BCUT2D eigenvalue weighted by molar-refractivity contribution is -0.119. The highest BCUT2D eigenvalue weighted by molar-refractivity contribution is 7.92. The zero-order chi connectivity index (χ0) is 19.3. The number of carbonyl (C=O) groups excluding carboxylic acids is 2. The molecule has 0 saturated carbocycles. The molecular weight excluding hydrogens is 359 g/mol. The smallest absolute Gasteiger partial charge is 0.241 e. The Kier molecular flexibility index (Phi) is 6.10. The van der Waals surface area contributed by atoms with Gasteiger partial charge in [-0.25, -0.2) is 12.8 Å². The topological polar surface area (TPSA) is 83.6 Å². The minimum atomic E-state index is -3.72. The largest absolute Gasteiger partial charge is 0.350 e. The van der Waals surface area contributed by atoms with Crippen LogP contribution in [0.1, 0.15) is 22.8 Å². The van der Waals surface area contributed by atoms with Crippen LogP contribution in [0.5, 0.6) is 0 Å². The summed E-state index contributed by atoms with van der Waals surface area (Å²) in [6.45, 7) is 0.901. The van der Waals surface area contributed by atoms with Crippen LogP contribution >= 0.6 is 0 Å². The predicted octanol–water partition coefficient (Wildman–Crippen LogP) is 2.11. The third-order valence-corrected chi connectivity index (χ3v) is 4.82. The molecule has 0 fully saturated rings. The Morgan fingerprint density at radius 3 is 2.23 bits per heavy atom. The van der Waals surface area contributed by atoms with Gasteiger partial charge in [0.25, 0.3) is 0 Å². The van der Waals surface area contributed by atoms with Crippen LogP contribution in [0.2, 0.25) is 0 Å². The summed E-state index contributed by atoms with van der Waals surface area (Å²) in [5, 5.41) is 2.50. The minimum Gasteiger partial charge on any atom is -0.350 e. The lowest BCUT2D eigenvalue weighted by Gasteiger charge is -2.22. The number of ketones is 1. The second-order valence-corrected chi connectivity index (χ2v) is 7.65. The summed E-state index contributed by atoms with van der Waals surface area (Å²) >= 11 is 0. The van der Waals surface area contributed by atoms with Crippen molar-refractivity contribution >= 4 is 27.4 Å². The Hall–Kier alpha value is -2.74. The van der Waals surface area contributed by atoms with Crippen molar-refractivity contribution in [3.8, 4) is 0 Å². The van der Waals surface area contributed by atoms with Crippen LogP contribution in [0.25, 0.3) is 0 Å². The number of nitrogens with zero attached hydrogens (tertiary/aromatic N) is 1. The molecule has 0 bridgehead atoms. The molecule has 138 valence electrons. The van der Waals surface area contributed by atoms with E-state index in [4.69, 9.17) is 0 Å². The van der Waals surface area contributed by atoms with Crippen LogP contribution < -0.4 is 9.62 Å². The Balaban J connectivity index is 2.11. The van der Waals surface area contributed by atoms with Crippen LogP contribution in [-0.4, -0.2) is 32.9 Å². The van der Waals surface area contributed by atoms with Gasteiger partial charge in [0.05, 0.1) is 11.9 Å². The highest BCUT2D eigenvalue weighted by Crippen LogP contribution is 2.18. The number of hydrogen-bond acceptors (Lipinski definition) is 4. The summed E-state index contributed by atoms with van der Waals surface area (Å²) in [7, 11) is -3.72. The van der Waals surface area contributed by atoms with Crippen molar-refractivity contribution in [2.24, 2.45) is 0 Å². The number of rotatable bonds is 7. The SMILES string of the molecule is CC(=O)c1ccc(N(CC(=O)NCc2ccccc2F)S(C)(=O)=O)cc1. The average molecular weight is 378 g/mol. The van der Waals surface area contributed by atoms with Gasteiger partial charge in [0.15, 0.2) is 5.78 Å². The highest BCUT2D eigenvalue weighted by atomic mass is 32.2. The van der Waals surface area contributed by atoms with Gasteiger partial charge in [-0.05, 0) is 37.3 Å². The summed E-state index contributed by atoms with van der Waals surface area (Å²) in [6.07, 6.45) is 0.982. The molecule has 0 saturated heterocycles. The average Bonchev–Trinajstić information content (AvgIpc) is 2.58. The number of anilines is 1. The fraction of sp³-hybridized carbons (Fsp3) is 0.222. The monoisotopic (exact) mass is 378 g/mol. The van der Waals surface area contributed by atoms with Crippen molar-refractivity contribution in [1.82, 2.24) is 5.32 Å². The first-order valence-electron chi connectivity index (χ1n) is 7.77. The van der Waals surface area contributed by atoms with Crippen molar-refractivity contribution in [3.05, 3.63) is 65.5 Å². The molecule has 0 atom stereocenters. The number of halogens is 1. The number of Topliss-reactive ketones (excluding diaryl/α,β-unsaturated/α-hetero) is 1. The van der Waals surface area contributed by atoms with Crippen molar-refractivity contribution < 1.29 is 22.4 Å². The van der Waals surface area contributed by atoms with E-state index in [0.717, 1.165) is 10.6 Å². The lowest BCUT2D eigenvalue weighted by atomic mass is 10.1. The summed E-state index contributed by atoms with van der Waals surface area (Å²) in [5.74, 6) is -1.17. The standard InChI is InChI=1S/C18H19FN2O4S/c1-13(22)14-7-9-16(10-8-14)21(26(2,24)25)12-18(23)20-11-15-5-3-4-6-17(15)19/h3-10H,11-12H2,1-2H3,(H,20,23). The number of hydrogen-bond donors (Lipinski definition) is 1. The first-order chi connectivity index (χ1) is 12.2. The number of amides is 1. The summed E-state index contributed by atoms with van der Waals surface area (Å²) < 4.78 is 38.6. The molecule has 2 rings (SSSR count). The first-order valence-corrected chi connectivity index (χ1v) is 9.62. The van der Waals surface area contributed by atoms with Gasteiger partial charge in [-0.2, -0.15) is 0 Å². The Morgan fingerprint density at radius 2 is 1.69 bits per heavy atom. The van der Waals surface area contributed by atoms with Gasteiger partial charge in [-0.1, -0.05) is 18.2 Å². The lowest BCUT2D eigenvalue weighted by Crippen LogP contribution is -2.40. The first kappa shape index (κ1) is 19.6. The van der Waals surface area contributed by atoms with Gasteiger partial charge >= 0.3 is 0 Å². The van der Waals surface area contributed by atoms with E-state index >= 15 is 0 Å². The quantitative estimate of drug-likeness (QED) is 0.748. The molecule has 0 aliphatic rings. The van der Waals surface area contributed by atoms with E-state index in [-0.39, 0.29) is 18.0 Å². The van der Waals surface area contributed by atoms with Crippen LogP contribution in [0, 0.1) is 5.82 Å². The van der Waals surface area contributed by atoms with Crippen LogP contribution in [-0.2, 0) is 21.4 Å². The molecular formula is C18H19FN2O4S. The van der Waals surface area contributed by atoms with E-state index in [2.05, 4.69) is 5.32 Å². The predicted molar refractivity (Wildman–Crippen MR) is 96.9 cm³/mol. The number of carbonyl (C=O) groups is 2. The fourth-order valence-electron chi connectivity index (χ4n) is 2.28. The van der Waals surface area contributed by atoms with Crippen LogP contribution in [0.4, 0.5) is 10.1 Å². The molecule has 1 amide bonds. The maximum absolute atomic E-state index is 13.6. The molecule has 0 aliphatic heterocycles. The third kappa shape index (κ3) is 5.13. The van der Waals surface area contributed by atoms with E-state index < -0.39 is 28.3 Å². The zero-order valence-corrected chi connectivity index (χ0v) is 15.2. The highest BCUT2D eigenvalue weighted by Gasteiger charge is 2.21. The molecule has 0 radical (unpaired) electrons. The molecule has 6 nitrogen and oxygen atoms in total. The Morgan fingerprint density at radius 1 is 1.08 bits per heavy atom. The van der Waals surface area contributed by atoms with Crippen LogP contribution in [0.3, 0.4) is 0 Å². The number of benzene rings is 2. The number of sulfonamides is 1. The van der Waals surface area contributed by atoms with E-state index in [9.17, 15) is 22.4 Å². The molecule has 0 heterocycles. The van der Waals surface area contributed by atoms with Gasteiger partial charge in [0.1, 0.15) is 12.4 Å². The molecule has 0 unspecified atom stereocenters. The van der Waals surface area contributed by atoms with Crippen molar-refractivity contribution in [2.45, 2.75) is 13.5 Å². The normalized spacial score (nSPS) is 11.0. The maximum Gasteiger partial charge on any atom is 0.241 e. The van der Waals surface area contributed by atoms with Gasteiger partial charge < -0.3 is 5.32 Å². The van der Waals surface area contributed by atoms with Crippen molar-refractivity contribution in [1.29, 1.82) is 0 Å². The summed E-state index contributed by atoms with van der Waals surface area (Å²) in [4.78, 5) is 23.5. The van der Waals surface area contributed by atoms with Crippen molar-refractivity contribution in [2.75, 3.05) is 17.1 Å². The fourth-order valence-corrected chi connectivity index (χ4v) is 3.14. The summed E-state index contributed by atoms with van der Waals surface area (Å²) in [6, 6.07) is 11.9. The second-order valence-electron chi connectivity index (χ2n) is 5.74. The third-order valence-electron chi connectivity index (χ3n) is 3.68. The molecule has 1 N–H and O–H groups in total. The molecule has 0 aromatic heterocycles. The van der Waals surface area contributed by atoms with Gasteiger partial charge in [-0.3, -0.25) is 13.9 Å². The molecule has 0 spiro atoms. The Bertz CT molecular complexity index is 911. The molecule has 0 aliphatic carbocycles.